The van der Waals surface area contributed by atoms with E-state index in [4.69, 9.17) is 24.9 Å². The van der Waals surface area contributed by atoms with Crippen LogP contribution in [0.2, 0.25) is 0 Å². The van der Waals surface area contributed by atoms with Gasteiger partial charge in [0.25, 0.3) is 0 Å². The van der Waals surface area contributed by atoms with Gasteiger partial charge >= 0.3 is 0 Å². The maximum atomic E-state index is 9.66. The largest absolute Gasteiger partial charge is 0.456 e. The first-order chi connectivity index (χ1) is 26.8. The lowest BCUT2D eigenvalue weighted by Gasteiger charge is -2.10. The van der Waals surface area contributed by atoms with Crippen LogP contribution in [0.15, 0.2) is 180 Å². The van der Waals surface area contributed by atoms with Crippen LogP contribution in [0.1, 0.15) is 8.22 Å². The Morgan fingerprint density at radius 3 is 1.49 bits per heavy atom. The van der Waals surface area contributed by atoms with Gasteiger partial charge < -0.3 is 4.42 Å². The zero-order chi connectivity index (χ0) is 37.8. The molecule has 0 N–H and O–H groups in total. The van der Waals surface area contributed by atoms with E-state index in [0.29, 0.717) is 28.3 Å². The predicted molar refractivity (Wildman–Crippen MR) is 200 cm³/mol. The van der Waals surface area contributed by atoms with Gasteiger partial charge in [0.1, 0.15) is 11.2 Å². The van der Waals surface area contributed by atoms with E-state index in [1.54, 1.807) is 0 Å². The molecular formula is C45H29N3O. The molecule has 0 saturated heterocycles. The highest BCUT2D eigenvalue weighted by Crippen LogP contribution is 2.39. The minimum atomic E-state index is -0.417. The van der Waals surface area contributed by atoms with E-state index in [9.17, 15) is 2.74 Å². The van der Waals surface area contributed by atoms with Crippen LogP contribution in [-0.4, -0.2) is 15.0 Å². The molecule has 2 aromatic heterocycles. The zero-order valence-corrected chi connectivity index (χ0v) is 26.0. The van der Waals surface area contributed by atoms with E-state index in [1.807, 2.05) is 115 Å². The molecule has 0 unspecified atom stereocenters. The number of rotatable bonds is 6. The van der Waals surface area contributed by atoms with Gasteiger partial charge in [-0.25, -0.2) is 15.0 Å². The lowest BCUT2D eigenvalue weighted by molar-refractivity contribution is 0.669. The van der Waals surface area contributed by atoms with Crippen molar-refractivity contribution in [3.63, 3.8) is 0 Å². The van der Waals surface area contributed by atoms with Crippen molar-refractivity contribution in [2.24, 2.45) is 0 Å². The second kappa shape index (κ2) is 12.2. The van der Waals surface area contributed by atoms with Gasteiger partial charge in [0.2, 0.25) is 0 Å². The molecule has 0 fully saturated rings. The molecule has 7 aromatic carbocycles. The van der Waals surface area contributed by atoms with Crippen LogP contribution in [-0.2, 0) is 0 Å². The summed E-state index contributed by atoms with van der Waals surface area (Å²) in [6, 6.07) is 42.8. The number of aromatic nitrogens is 3. The highest BCUT2D eigenvalue weighted by Gasteiger charge is 2.18. The number of nitrogens with zero attached hydrogens (tertiary/aromatic N) is 3. The van der Waals surface area contributed by atoms with E-state index >= 15 is 0 Å². The Bertz CT molecular complexity index is 2880. The van der Waals surface area contributed by atoms with Crippen LogP contribution in [0.3, 0.4) is 0 Å². The van der Waals surface area contributed by atoms with E-state index in [2.05, 4.69) is 24.3 Å². The molecule has 9 aromatic rings. The van der Waals surface area contributed by atoms with Crippen LogP contribution in [0.25, 0.3) is 89.5 Å². The molecule has 9 rings (SSSR count). The first-order valence-electron chi connectivity index (χ1n) is 18.9. The molecular weight excluding hydrogens is 599 g/mol. The Hall–Kier alpha value is -6.65. The molecule has 4 nitrogen and oxygen atoms in total. The summed E-state index contributed by atoms with van der Waals surface area (Å²) in [6.07, 6.45) is 0. The van der Waals surface area contributed by atoms with Gasteiger partial charge in [0.05, 0.1) is 8.22 Å². The van der Waals surface area contributed by atoms with E-state index in [0.717, 1.165) is 22.3 Å². The van der Waals surface area contributed by atoms with Gasteiger partial charge in [0, 0.05) is 27.5 Å². The topological polar surface area (TPSA) is 51.8 Å². The average Bonchev–Trinajstić information content (AvgIpc) is 3.64. The number of furan rings is 1. The van der Waals surface area contributed by atoms with Crippen molar-refractivity contribution in [1.82, 2.24) is 15.0 Å². The van der Waals surface area contributed by atoms with Crippen LogP contribution in [0.5, 0.6) is 0 Å². The van der Waals surface area contributed by atoms with Gasteiger partial charge in [-0.1, -0.05) is 146 Å². The van der Waals surface area contributed by atoms with E-state index < -0.39 is 6.04 Å². The van der Waals surface area contributed by atoms with Crippen LogP contribution in [0, 0.1) is 0 Å². The molecule has 230 valence electrons. The van der Waals surface area contributed by atoms with Gasteiger partial charge in [-0.2, -0.15) is 0 Å². The standard InChI is InChI=1S/C45H29N3O/c1-4-13-30(14-5-1)33-19-10-20-34(27-33)35-21-11-22-36(28-35)37-25-26-40-39(29-37)42-38(23-12-24-41(42)49-40)45-47-43(31-15-6-2-7-16-31)46-44(48-45)32-17-8-3-9-18-32/h1-29H/i12D,23D,24D,25D,26D,29D. The van der Waals surface area contributed by atoms with Crippen molar-refractivity contribution in [2.75, 3.05) is 0 Å². The molecule has 0 bridgehead atoms. The maximum Gasteiger partial charge on any atom is 0.164 e. The molecule has 0 spiro atoms. The lowest BCUT2D eigenvalue weighted by atomic mass is 9.95. The molecule has 2 heterocycles. The Kier molecular flexibility index (Phi) is 5.67. The van der Waals surface area contributed by atoms with Crippen molar-refractivity contribution < 1.29 is 12.6 Å². The van der Waals surface area contributed by atoms with Gasteiger partial charge in [-0.15, -0.1) is 0 Å². The molecule has 0 aliphatic carbocycles. The SMILES string of the molecule is [2H]c1c(-c2cccc(-c3cccc(-c4ccccc4)c3)c2)c([2H])c2c(oc3c([2H])c([2H])c([2H])c(-c4nc(-c5ccccc5)nc(-c5ccccc5)n4)c32)c1[2H]. The van der Waals surface area contributed by atoms with Crippen molar-refractivity contribution in [2.45, 2.75) is 0 Å². The molecule has 0 atom stereocenters. The third-order valence-corrected chi connectivity index (χ3v) is 8.45. The predicted octanol–water partition coefficient (Wildman–Crippen LogP) is 11.8. The summed E-state index contributed by atoms with van der Waals surface area (Å²) in [5, 5.41) is 0.305. The first kappa shape index (κ1) is 22.8. The van der Waals surface area contributed by atoms with Crippen molar-refractivity contribution in [3.05, 3.63) is 176 Å². The van der Waals surface area contributed by atoms with Gasteiger partial charge in [-0.05, 0) is 63.6 Å². The summed E-state index contributed by atoms with van der Waals surface area (Å²) in [5.41, 5.74) is 6.02. The second-order valence-electron chi connectivity index (χ2n) is 11.6. The Morgan fingerprint density at radius 1 is 0.408 bits per heavy atom. The summed E-state index contributed by atoms with van der Waals surface area (Å²) in [7, 11) is 0. The molecule has 4 heteroatoms. The number of hydrogen-bond acceptors (Lipinski definition) is 4. The molecule has 0 amide bonds. The fourth-order valence-corrected chi connectivity index (χ4v) is 6.05. The molecule has 0 radical (unpaired) electrons. The summed E-state index contributed by atoms with van der Waals surface area (Å²) < 4.78 is 60.9. The summed E-state index contributed by atoms with van der Waals surface area (Å²) >= 11 is 0. The Morgan fingerprint density at radius 2 is 0.898 bits per heavy atom. The fourth-order valence-electron chi connectivity index (χ4n) is 6.05. The Balaban J connectivity index is 1.30. The summed E-state index contributed by atoms with van der Waals surface area (Å²) in [6.45, 7) is 0. The molecule has 0 saturated carbocycles. The van der Waals surface area contributed by atoms with Crippen molar-refractivity contribution in [3.8, 4) is 67.5 Å². The smallest absolute Gasteiger partial charge is 0.164 e. The first-order valence-corrected chi connectivity index (χ1v) is 15.9. The maximum absolute atomic E-state index is 9.66. The minimum Gasteiger partial charge on any atom is -0.456 e. The number of hydrogen-bond donors (Lipinski definition) is 0. The van der Waals surface area contributed by atoms with Gasteiger partial charge in [0.15, 0.2) is 17.5 Å². The van der Waals surface area contributed by atoms with Crippen LogP contribution < -0.4 is 0 Å². The van der Waals surface area contributed by atoms with Gasteiger partial charge in [-0.3, -0.25) is 0 Å². The minimum absolute atomic E-state index is 0.0571. The van der Waals surface area contributed by atoms with Crippen molar-refractivity contribution >= 4 is 21.9 Å². The van der Waals surface area contributed by atoms with Crippen LogP contribution >= 0.6 is 0 Å². The van der Waals surface area contributed by atoms with Crippen LogP contribution in [0.4, 0.5) is 0 Å². The lowest BCUT2D eigenvalue weighted by Crippen LogP contribution is -2.00. The fraction of sp³-hybridized carbons (Fsp3) is 0. The number of benzene rings is 7. The molecule has 49 heavy (non-hydrogen) atoms. The summed E-state index contributed by atoms with van der Waals surface area (Å²) in [4.78, 5) is 14.4. The second-order valence-corrected chi connectivity index (χ2v) is 11.6. The van der Waals surface area contributed by atoms with E-state index in [-0.39, 0.29) is 69.1 Å². The molecule has 0 aliphatic rings. The highest BCUT2D eigenvalue weighted by atomic mass is 16.3. The van der Waals surface area contributed by atoms with Crippen molar-refractivity contribution in [1.29, 1.82) is 0 Å². The third-order valence-electron chi connectivity index (χ3n) is 8.45. The van der Waals surface area contributed by atoms with E-state index in [1.165, 1.54) is 0 Å². The monoisotopic (exact) mass is 633 g/mol. The quantitative estimate of drug-likeness (QED) is 0.183. The molecule has 0 aliphatic heterocycles. The zero-order valence-electron chi connectivity index (χ0n) is 32.0. The third kappa shape index (κ3) is 5.45. The average molecular weight is 634 g/mol. The number of fused-ring (bicyclic) bond motifs is 3. The summed E-state index contributed by atoms with van der Waals surface area (Å²) in [5.74, 6) is 0.725. The Labute approximate surface area is 292 Å². The normalized spacial score (nSPS) is 13.0. The highest BCUT2D eigenvalue weighted by molar-refractivity contribution is 6.12.